The van der Waals surface area contributed by atoms with Gasteiger partial charge in [0.15, 0.2) is 0 Å². The Labute approximate surface area is 126 Å². The summed E-state index contributed by atoms with van der Waals surface area (Å²) in [5, 5.41) is 5.27. The molecule has 0 bridgehead atoms. The lowest BCUT2D eigenvalue weighted by Gasteiger charge is -2.16. The largest absolute Gasteiger partial charge is 0.445 e. The van der Waals surface area contributed by atoms with Gasteiger partial charge in [0.05, 0.1) is 0 Å². The molecule has 0 aliphatic heterocycles. The van der Waals surface area contributed by atoms with Gasteiger partial charge in [-0.3, -0.25) is 4.79 Å². The molecule has 5 nitrogen and oxygen atoms in total. The minimum absolute atomic E-state index is 0.0734. The summed E-state index contributed by atoms with van der Waals surface area (Å²) in [6.45, 7) is 6.27. The summed E-state index contributed by atoms with van der Waals surface area (Å²) >= 11 is 0. The summed E-state index contributed by atoms with van der Waals surface area (Å²) in [5.41, 5.74) is 0.905. The van der Waals surface area contributed by atoms with Gasteiger partial charge >= 0.3 is 6.09 Å². The van der Waals surface area contributed by atoms with Gasteiger partial charge in [0.1, 0.15) is 13.2 Å². The zero-order chi connectivity index (χ0) is 15.7. The smallest absolute Gasteiger partial charge is 0.407 e. The summed E-state index contributed by atoms with van der Waals surface area (Å²) in [7, 11) is 0. The third kappa shape index (κ3) is 7.97. The van der Waals surface area contributed by atoms with Crippen LogP contribution in [-0.4, -0.2) is 24.6 Å². The van der Waals surface area contributed by atoms with Gasteiger partial charge in [-0.25, -0.2) is 4.79 Å². The second kappa shape index (κ2) is 9.00. The van der Waals surface area contributed by atoms with Gasteiger partial charge in [-0.1, -0.05) is 44.2 Å². The Hall–Kier alpha value is -2.04. The maximum atomic E-state index is 11.6. The highest BCUT2D eigenvalue weighted by molar-refractivity contribution is 5.82. The van der Waals surface area contributed by atoms with Crippen LogP contribution >= 0.6 is 0 Å². The number of carbonyl (C=O) groups excluding carboxylic acids is 2. The van der Waals surface area contributed by atoms with E-state index in [9.17, 15) is 9.59 Å². The standard InChI is InChI=1S/C16H24N2O3/c1-12(2)9-13(3)18-15(19)10-17-16(20)21-11-14-7-5-4-6-8-14/h4-8,12-13H,9-11H2,1-3H3,(H,17,20)(H,18,19). The van der Waals surface area contributed by atoms with Crippen molar-refractivity contribution in [3.05, 3.63) is 35.9 Å². The third-order valence-corrected chi connectivity index (χ3v) is 2.84. The van der Waals surface area contributed by atoms with Crippen molar-refractivity contribution < 1.29 is 14.3 Å². The highest BCUT2D eigenvalue weighted by Gasteiger charge is 2.10. The molecule has 1 rings (SSSR count). The van der Waals surface area contributed by atoms with E-state index in [1.165, 1.54) is 0 Å². The van der Waals surface area contributed by atoms with Crippen molar-refractivity contribution in [1.29, 1.82) is 0 Å². The zero-order valence-electron chi connectivity index (χ0n) is 12.9. The second-order valence-corrected chi connectivity index (χ2v) is 5.51. The van der Waals surface area contributed by atoms with Crippen LogP contribution in [0.3, 0.4) is 0 Å². The first kappa shape index (κ1) is 17.0. The number of ether oxygens (including phenoxy) is 1. The quantitative estimate of drug-likeness (QED) is 0.811. The molecule has 0 fully saturated rings. The fraction of sp³-hybridized carbons (Fsp3) is 0.500. The lowest BCUT2D eigenvalue weighted by Crippen LogP contribution is -2.41. The summed E-state index contributed by atoms with van der Waals surface area (Å²) in [4.78, 5) is 23.1. The fourth-order valence-corrected chi connectivity index (χ4v) is 2.02. The Kier molecular flexibility index (Phi) is 7.29. The zero-order valence-corrected chi connectivity index (χ0v) is 12.9. The molecule has 0 saturated heterocycles. The lowest BCUT2D eigenvalue weighted by atomic mass is 10.1. The van der Waals surface area contributed by atoms with Crippen molar-refractivity contribution in [3.63, 3.8) is 0 Å². The number of nitrogens with one attached hydrogen (secondary N) is 2. The van der Waals surface area contributed by atoms with E-state index >= 15 is 0 Å². The number of amides is 2. The third-order valence-electron chi connectivity index (χ3n) is 2.84. The molecule has 5 heteroatoms. The number of hydrogen-bond donors (Lipinski definition) is 2. The van der Waals surface area contributed by atoms with Crippen molar-refractivity contribution in [2.45, 2.75) is 39.8 Å². The van der Waals surface area contributed by atoms with E-state index in [2.05, 4.69) is 24.5 Å². The van der Waals surface area contributed by atoms with Crippen molar-refractivity contribution in [1.82, 2.24) is 10.6 Å². The summed E-state index contributed by atoms with van der Waals surface area (Å²) in [6.07, 6.45) is 0.315. The van der Waals surface area contributed by atoms with Crippen LogP contribution in [0.15, 0.2) is 30.3 Å². The Bertz CT molecular complexity index is 446. The lowest BCUT2D eigenvalue weighted by molar-refractivity contribution is -0.120. The van der Waals surface area contributed by atoms with E-state index in [4.69, 9.17) is 4.74 Å². The Morgan fingerprint density at radius 2 is 1.81 bits per heavy atom. The Morgan fingerprint density at radius 3 is 2.43 bits per heavy atom. The molecule has 1 aromatic rings. The molecule has 21 heavy (non-hydrogen) atoms. The first-order valence-electron chi connectivity index (χ1n) is 7.21. The molecular weight excluding hydrogens is 268 g/mol. The van der Waals surface area contributed by atoms with E-state index in [1.807, 2.05) is 37.3 Å². The van der Waals surface area contributed by atoms with E-state index in [1.54, 1.807) is 0 Å². The molecule has 2 N–H and O–H groups in total. The van der Waals surface area contributed by atoms with Gasteiger partial charge < -0.3 is 15.4 Å². The molecule has 0 spiro atoms. The van der Waals surface area contributed by atoms with Gasteiger partial charge in [0.2, 0.25) is 5.91 Å². The first-order chi connectivity index (χ1) is 9.97. The molecule has 0 aromatic heterocycles. The van der Waals surface area contributed by atoms with Crippen LogP contribution in [0.5, 0.6) is 0 Å². The first-order valence-corrected chi connectivity index (χ1v) is 7.21. The van der Waals surface area contributed by atoms with Crippen LogP contribution in [0, 0.1) is 5.92 Å². The van der Waals surface area contributed by atoms with E-state index < -0.39 is 6.09 Å². The van der Waals surface area contributed by atoms with Gasteiger partial charge in [-0.2, -0.15) is 0 Å². The van der Waals surface area contributed by atoms with Crippen molar-refractivity contribution in [2.75, 3.05) is 6.54 Å². The van der Waals surface area contributed by atoms with Crippen LogP contribution in [0.25, 0.3) is 0 Å². The fourth-order valence-electron chi connectivity index (χ4n) is 2.02. The molecule has 0 saturated carbocycles. The predicted octanol–water partition coefficient (Wildman–Crippen LogP) is 2.46. The Balaban J connectivity index is 2.19. The van der Waals surface area contributed by atoms with Gasteiger partial charge in [-0.15, -0.1) is 0 Å². The number of alkyl carbamates (subject to hydrolysis) is 1. The molecule has 1 atom stereocenters. The molecule has 1 aromatic carbocycles. The van der Waals surface area contributed by atoms with Crippen LogP contribution in [0.4, 0.5) is 4.79 Å². The SMILES string of the molecule is CC(C)CC(C)NC(=O)CNC(=O)OCc1ccccc1. The molecule has 0 heterocycles. The normalized spacial score (nSPS) is 11.8. The van der Waals surface area contributed by atoms with Crippen molar-refractivity contribution >= 4 is 12.0 Å². The predicted molar refractivity (Wildman–Crippen MR) is 81.7 cm³/mol. The van der Waals surface area contributed by atoms with E-state index in [0.717, 1.165) is 12.0 Å². The molecule has 1 unspecified atom stereocenters. The van der Waals surface area contributed by atoms with Crippen molar-refractivity contribution in [3.8, 4) is 0 Å². The average molecular weight is 292 g/mol. The highest BCUT2D eigenvalue weighted by Crippen LogP contribution is 2.03. The summed E-state index contributed by atoms with van der Waals surface area (Å²) < 4.78 is 5.02. The second-order valence-electron chi connectivity index (χ2n) is 5.51. The minimum atomic E-state index is -0.592. The molecule has 2 amide bonds. The van der Waals surface area contributed by atoms with Gasteiger partial charge in [0, 0.05) is 6.04 Å². The summed E-state index contributed by atoms with van der Waals surface area (Å²) in [6, 6.07) is 9.48. The monoisotopic (exact) mass is 292 g/mol. The van der Waals surface area contributed by atoms with Gasteiger partial charge in [-0.05, 0) is 24.8 Å². The molecule has 0 radical (unpaired) electrons. The Morgan fingerprint density at radius 1 is 1.14 bits per heavy atom. The molecular formula is C16H24N2O3. The van der Waals surface area contributed by atoms with E-state index in [0.29, 0.717) is 5.92 Å². The molecule has 116 valence electrons. The average Bonchev–Trinajstić information content (AvgIpc) is 2.43. The molecule has 0 aliphatic carbocycles. The minimum Gasteiger partial charge on any atom is -0.445 e. The number of benzene rings is 1. The topological polar surface area (TPSA) is 67.4 Å². The maximum Gasteiger partial charge on any atom is 0.407 e. The van der Waals surface area contributed by atoms with Crippen LogP contribution < -0.4 is 10.6 Å². The van der Waals surface area contributed by atoms with E-state index in [-0.39, 0.29) is 25.1 Å². The van der Waals surface area contributed by atoms with Crippen molar-refractivity contribution in [2.24, 2.45) is 5.92 Å². The van der Waals surface area contributed by atoms with Crippen LogP contribution in [0.2, 0.25) is 0 Å². The maximum absolute atomic E-state index is 11.6. The number of carbonyl (C=O) groups is 2. The summed E-state index contributed by atoms with van der Waals surface area (Å²) in [5.74, 6) is 0.309. The van der Waals surface area contributed by atoms with Crippen LogP contribution in [0.1, 0.15) is 32.8 Å². The molecule has 0 aliphatic rings. The van der Waals surface area contributed by atoms with Gasteiger partial charge in [0.25, 0.3) is 0 Å². The number of rotatable bonds is 7. The van der Waals surface area contributed by atoms with Crippen LogP contribution in [-0.2, 0) is 16.1 Å². The number of hydrogen-bond acceptors (Lipinski definition) is 3. The highest BCUT2D eigenvalue weighted by atomic mass is 16.5.